The van der Waals surface area contributed by atoms with Gasteiger partial charge >= 0.3 is 0 Å². The molecule has 0 atom stereocenters. The standard InChI is InChI=1S/C56H45N/c1-7-15-43-36(2)16-13-21-44(43)40-26-31-42(32-27-40)57(41-29-24-38(25-30-41)37-17-9-8-10-18-37)52-23-14-22-48-54(52)47-35-50-46(34-51(47)55(48,3)4)53-45-20-12-11-19-39(45)28-33-49(53)56(50,5)6/h7-35H,1-2H2,3-6H3/b43-15+. The van der Waals surface area contributed by atoms with E-state index in [0.717, 1.165) is 32.9 Å². The quantitative estimate of drug-likeness (QED) is 0.165. The van der Waals surface area contributed by atoms with Crippen molar-refractivity contribution >= 4 is 40.5 Å². The van der Waals surface area contributed by atoms with Crippen molar-refractivity contribution in [1.82, 2.24) is 0 Å². The molecule has 8 aromatic rings. The third kappa shape index (κ3) is 5.30. The van der Waals surface area contributed by atoms with Crippen LogP contribution in [0, 0.1) is 0 Å². The van der Waals surface area contributed by atoms with Crippen LogP contribution in [-0.2, 0) is 10.8 Å². The Hall–Kier alpha value is -6.70. The summed E-state index contributed by atoms with van der Waals surface area (Å²) in [6, 6.07) is 60.5. The van der Waals surface area contributed by atoms with Crippen LogP contribution in [0.25, 0.3) is 67.9 Å². The van der Waals surface area contributed by atoms with Crippen molar-refractivity contribution in [1.29, 1.82) is 0 Å². The van der Waals surface area contributed by atoms with E-state index in [2.05, 4.69) is 216 Å². The van der Waals surface area contributed by atoms with Gasteiger partial charge in [0.05, 0.1) is 5.69 Å². The number of hydrogen-bond acceptors (Lipinski definition) is 1. The zero-order valence-corrected chi connectivity index (χ0v) is 33.1. The summed E-state index contributed by atoms with van der Waals surface area (Å²) in [5.74, 6) is 0. The summed E-state index contributed by atoms with van der Waals surface area (Å²) in [6.07, 6.45) is 3.90. The third-order valence-corrected chi connectivity index (χ3v) is 12.8. The molecular weight excluding hydrogens is 687 g/mol. The van der Waals surface area contributed by atoms with Crippen molar-refractivity contribution in [3.63, 3.8) is 0 Å². The minimum absolute atomic E-state index is 0.137. The molecule has 0 radical (unpaired) electrons. The average Bonchev–Trinajstić information content (AvgIpc) is 3.61. The Morgan fingerprint density at radius 1 is 0.474 bits per heavy atom. The highest BCUT2D eigenvalue weighted by Gasteiger charge is 2.43. The van der Waals surface area contributed by atoms with E-state index in [1.807, 2.05) is 6.08 Å². The van der Waals surface area contributed by atoms with Gasteiger partial charge in [0.1, 0.15) is 0 Å². The van der Waals surface area contributed by atoms with E-state index in [4.69, 9.17) is 0 Å². The normalized spacial score (nSPS) is 14.5. The second-order valence-electron chi connectivity index (χ2n) is 16.7. The molecule has 0 bridgehead atoms. The van der Waals surface area contributed by atoms with Gasteiger partial charge in [0.2, 0.25) is 0 Å². The third-order valence-electron chi connectivity index (χ3n) is 12.8. The number of allylic oxidation sites excluding steroid dienone is 1. The van der Waals surface area contributed by atoms with E-state index in [1.54, 1.807) is 0 Å². The van der Waals surface area contributed by atoms with Crippen molar-refractivity contribution in [3.05, 3.63) is 209 Å². The Morgan fingerprint density at radius 2 is 1.05 bits per heavy atom. The van der Waals surface area contributed by atoms with Gasteiger partial charge in [0.15, 0.2) is 0 Å². The molecule has 8 aromatic carbocycles. The molecule has 57 heavy (non-hydrogen) atoms. The van der Waals surface area contributed by atoms with E-state index in [-0.39, 0.29) is 10.8 Å². The largest absolute Gasteiger partial charge is 0.310 e. The Bertz CT molecular complexity index is 3020. The van der Waals surface area contributed by atoms with Gasteiger partial charge < -0.3 is 4.90 Å². The Morgan fingerprint density at radius 3 is 1.74 bits per heavy atom. The molecule has 0 saturated heterocycles. The first-order valence-corrected chi connectivity index (χ1v) is 20.0. The van der Waals surface area contributed by atoms with Crippen LogP contribution in [0.2, 0.25) is 0 Å². The lowest BCUT2D eigenvalue weighted by Crippen LogP contribution is -2.24. The SMILES string of the molecule is C=C/C=c1/c(-c2ccc(N(c3ccc(-c4ccccc4)cc3)c3cccc4c3-c3cc5c(cc3C4(C)C)-c3c(ccc4ccccc34)C5(C)C)cc2)cccc1=C. The zero-order valence-electron chi connectivity index (χ0n) is 33.1. The minimum atomic E-state index is -0.197. The lowest BCUT2D eigenvalue weighted by molar-refractivity contribution is 0.652. The fraction of sp³-hybridized carbons (Fsp3) is 0.107. The zero-order chi connectivity index (χ0) is 39.1. The number of rotatable bonds is 6. The molecule has 0 fully saturated rings. The molecule has 0 aliphatic heterocycles. The molecule has 0 amide bonds. The van der Waals surface area contributed by atoms with E-state index in [1.165, 1.54) is 72.1 Å². The number of hydrogen-bond donors (Lipinski definition) is 0. The maximum atomic E-state index is 4.31. The maximum absolute atomic E-state index is 4.31. The Labute approximate surface area is 336 Å². The van der Waals surface area contributed by atoms with Gasteiger partial charge in [0, 0.05) is 27.8 Å². The van der Waals surface area contributed by atoms with Gasteiger partial charge in [-0.15, -0.1) is 0 Å². The monoisotopic (exact) mass is 731 g/mol. The Balaban J connectivity index is 1.18. The van der Waals surface area contributed by atoms with Crippen LogP contribution in [-0.4, -0.2) is 0 Å². The molecule has 0 unspecified atom stereocenters. The number of nitrogens with zero attached hydrogens (tertiary/aromatic N) is 1. The fourth-order valence-corrected chi connectivity index (χ4v) is 9.78. The van der Waals surface area contributed by atoms with Crippen molar-refractivity contribution in [2.24, 2.45) is 0 Å². The average molecular weight is 732 g/mol. The van der Waals surface area contributed by atoms with E-state index in [9.17, 15) is 0 Å². The molecule has 1 heteroatoms. The molecule has 0 aromatic heterocycles. The van der Waals surface area contributed by atoms with Gasteiger partial charge in [-0.25, -0.2) is 0 Å². The van der Waals surface area contributed by atoms with Gasteiger partial charge in [-0.3, -0.25) is 0 Å². The lowest BCUT2D eigenvalue weighted by Gasteiger charge is -2.29. The Kier molecular flexibility index (Phi) is 7.89. The first-order valence-electron chi connectivity index (χ1n) is 20.0. The lowest BCUT2D eigenvalue weighted by atomic mass is 9.79. The summed E-state index contributed by atoms with van der Waals surface area (Å²) in [7, 11) is 0. The summed E-state index contributed by atoms with van der Waals surface area (Å²) < 4.78 is 0. The van der Waals surface area contributed by atoms with Crippen LogP contribution < -0.4 is 15.3 Å². The second kappa shape index (κ2) is 12.9. The van der Waals surface area contributed by atoms with Crippen molar-refractivity contribution in [2.45, 2.75) is 38.5 Å². The van der Waals surface area contributed by atoms with E-state index >= 15 is 0 Å². The summed E-state index contributed by atoms with van der Waals surface area (Å²) in [5, 5.41) is 4.71. The van der Waals surface area contributed by atoms with Crippen LogP contribution in [0.5, 0.6) is 0 Å². The summed E-state index contributed by atoms with van der Waals surface area (Å²) in [6.45, 7) is 17.9. The van der Waals surface area contributed by atoms with Gasteiger partial charge in [-0.2, -0.15) is 0 Å². The fourth-order valence-electron chi connectivity index (χ4n) is 9.78. The second-order valence-corrected chi connectivity index (χ2v) is 16.7. The molecule has 0 heterocycles. The molecule has 274 valence electrons. The van der Waals surface area contributed by atoms with E-state index < -0.39 is 0 Å². The molecule has 2 aliphatic rings. The van der Waals surface area contributed by atoms with Gasteiger partial charge in [-0.1, -0.05) is 174 Å². The van der Waals surface area contributed by atoms with Crippen molar-refractivity contribution in [3.8, 4) is 44.5 Å². The first kappa shape index (κ1) is 34.8. The number of anilines is 3. The van der Waals surface area contributed by atoms with Crippen LogP contribution >= 0.6 is 0 Å². The van der Waals surface area contributed by atoms with Crippen LogP contribution in [0.3, 0.4) is 0 Å². The number of benzene rings is 8. The summed E-state index contributed by atoms with van der Waals surface area (Å²) >= 11 is 0. The molecule has 0 spiro atoms. The van der Waals surface area contributed by atoms with Gasteiger partial charge in [-0.05, 0) is 125 Å². The molecule has 0 saturated carbocycles. The van der Waals surface area contributed by atoms with Crippen molar-refractivity contribution in [2.75, 3.05) is 4.90 Å². The molecule has 10 rings (SSSR count). The first-order chi connectivity index (χ1) is 27.7. The van der Waals surface area contributed by atoms with Crippen molar-refractivity contribution < 1.29 is 0 Å². The predicted octanol–water partition coefficient (Wildman–Crippen LogP) is 13.6. The smallest absolute Gasteiger partial charge is 0.0543 e. The maximum Gasteiger partial charge on any atom is 0.0543 e. The molecule has 1 nitrogen and oxygen atoms in total. The highest BCUT2D eigenvalue weighted by molar-refractivity contribution is 6.05. The van der Waals surface area contributed by atoms with Crippen LogP contribution in [0.1, 0.15) is 49.9 Å². The highest BCUT2D eigenvalue weighted by Crippen LogP contribution is 2.59. The van der Waals surface area contributed by atoms with E-state index in [0.29, 0.717) is 0 Å². The minimum Gasteiger partial charge on any atom is -0.310 e. The number of fused-ring (bicyclic) bond motifs is 8. The predicted molar refractivity (Wildman–Crippen MR) is 244 cm³/mol. The summed E-state index contributed by atoms with van der Waals surface area (Å²) in [5.41, 5.74) is 18.7. The van der Waals surface area contributed by atoms with Gasteiger partial charge in [0.25, 0.3) is 0 Å². The van der Waals surface area contributed by atoms with Crippen LogP contribution in [0.15, 0.2) is 176 Å². The molecular formula is C56H45N. The molecule has 2 aliphatic carbocycles. The summed E-state index contributed by atoms with van der Waals surface area (Å²) in [4.78, 5) is 2.46. The highest BCUT2D eigenvalue weighted by atomic mass is 15.1. The van der Waals surface area contributed by atoms with Crippen LogP contribution in [0.4, 0.5) is 17.1 Å². The molecule has 0 N–H and O–H groups in total. The topological polar surface area (TPSA) is 3.24 Å².